The lowest BCUT2D eigenvalue weighted by atomic mass is 9.90. The van der Waals surface area contributed by atoms with Crippen molar-refractivity contribution in [3.8, 4) is 0 Å². The monoisotopic (exact) mass is 235 g/mol. The molecule has 0 radical (unpaired) electrons. The van der Waals surface area contributed by atoms with E-state index in [0.717, 1.165) is 6.42 Å². The molecule has 0 aliphatic rings. The zero-order valence-electron chi connectivity index (χ0n) is 11.0. The Labute approximate surface area is 103 Å². The van der Waals surface area contributed by atoms with E-state index in [1.165, 1.54) is 0 Å². The molecule has 0 aromatic carbocycles. The number of carbonyl (C=O) groups is 1. The molecule has 0 aliphatic carbocycles. The number of rotatable bonds is 5. The van der Waals surface area contributed by atoms with E-state index in [2.05, 4.69) is 36.4 Å². The van der Waals surface area contributed by atoms with Crippen LogP contribution in [0.15, 0.2) is 18.2 Å². The van der Waals surface area contributed by atoms with E-state index in [1.807, 2.05) is 12.1 Å². The number of nitrogens with zero attached hydrogens (tertiary/aromatic N) is 1. The minimum absolute atomic E-state index is 0.121. The van der Waals surface area contributed by atoms with Crippen LogP contribution in [0, 0.1) is 5.41 Å². The Morgan fingerprint density at radius 2 is 2.12 bits per heavy atom. The van der Waals surface area contributed by atoms with Crippen molar-refractivity contribution in [2.75, 3.05) is 18.9 Å². The average Bonchev–Trinajstić information content (AvgIpc) is 2.36. The lowest BCUT2D eigenvalue weighted by Gasteiger charge is -2.22. The molecule has 1 amide bonds. The largest absolute Gasteiger partial charge is 0.373 e. The van der Waals surface area contributed by atoms with Crippen LogP contribution in [0.25, 0.3) is 0 Å². The molecule has 2 N–H and O–H groups in total. The van der Waals surface area contributed by atoms with Crippen molar-refractivity contribution in [1.82, 2.24) is 10.3 Å². The number of hydrogen-bond acceptors (Lipinski definition) is 3. The molecule has 0 spiro atoms. The molecule has 0 saturated carbocycles. The van der Waals surface area contributed by atoms with Crippen LogP contribution in [0.2, 0.25) is 0 Å². The number of aromatic nitrogens is 1. The third-order valence-electron chi connectivity index (χ3n) is 2.92. The summed E-state index contributed by atoms with van der Waals surface area (Å²) in [5.74, 6) is 0.580. The van der Waals surface area contributed by atoms with E-state index < -0.39 is 0 Å². The fourth-order valence-electron chi connectivity index (χ4n) is 1.24. The van der Waals surface area contributed by atoms with Gasteiger partial charge in [0.25, 0.3) is 5.91 Å². The predicted octanol–water partition coefficient (Wildman–Crippen LogP) is 2.29. The van der Waals surface area contributed by atoms with Gasteiger partial charge in [-0.15, -0.1) is 0 Å². The van der Waals surface area contributed by atoms with Crippen LogP contribution in [0.3, 0.4) is 0 Å². The number of carbonyl (C=O) groups excluding carboxylic acids is 1. The molecule has 0 fully saturated rings. The maximum absolute atomic E-state index is 11.9. The Morgan fingerprint density at radius 3 is 2.71 bits per heavy atom. The normalized spacial score (nSPS) is 11.1. The van der Waals surface area contributed by atoms with Gasteiger partial charge in [-0.05, 0) is 24.0 Å². The zero-order valence-corrected chi connectivity index (χ0v) is 11.0. The summed E-state index contributed by atoms with van der Waals surface area (Å²) < 4.78 is 0. The second-order valence-corrected chi connectivity index (χ2v) is 4.86. The predicted molar refractivity (Wildman–Crippen MR) is 70.2 cm³/mol. The molecule has 17 heavy (non-hydrogen) atoms. The first-order chi connectivity index (χ1) is 7.98. The van der Waals surface area contributed by atoms with Crippen LogP contribution >= 0.6 is 0 Å². The fourth-order valence-corrected chi connectivity index (χ4v) is 1.24. The summed E-state index contributed by atoms with van der Waals surface area (Å²) in [5.41, 5.74) is 0.569. The molecular formula is C13H21N3O. The molecule has 1 aromatic rings. The number of amides is 1. The highest BCUT2D eigenvalue weighted by Crippen LogP contribution is 2.17. The van der Waals surface area contributed by atoms with Gasteiger partial charge in [-0.3, -0.25) is 4.79 Å². The van der Waals surface area contributed by atoms with E-state index in [9.17, 15) is 4.79 Å². The lowest BCUT2D eigenvalue weighted by molar-refractivity contribution is 0.0931. The minimum Gasteiger partial charge on any atom is -0.373 e. The van der Waals surface area contributed by atoms with Crippen LogP contribution in [0.4, 0.5) is 5.82 Å². The molecule has 1 heterocycles. The van der Waals surface area contributed by atoms with Crippen molar-refractivity contribution in [3.05, 3.63) is 23.9 Å². The van der Waals surface area contributed by atoms with Crippen LogP contribution in [-0.2, 0) is 0 Å². The zero-order chi connectivity index (χ0) is 12.9. The quantitative estimate of drug-likeness (QED) is 0.823. The molecule has 0 bridgehead atoms. The molecule has 0 aliphatic heterocycles. The molecule has 4 heteroatoms. The van der Waals surface area contributed by atoms with Gasteiger partial charge in [0.05, 0.1) is 0 Å². The van der Waals surface area contributed by atoms with Crippen LogP contribution in [0.5, 0.6) is 0 Å². The van der Waals surface area contributed by atoms with Gasteiger partial charge in [0, 0.05) is 13.6 Å². The van der Waals surface area contributed by atoms with Crippen LogP contribution in [-0.4, -0.2) is 24.5 Å². The third kappa shape index (κ3) is 4.06. The van der Waals surface area contributed by atoms with Crippen molar-refractivity contribution < 1.29 is 4.79 Å². The molecule has 0 unspecified atom stereocenters. The Balaban J connectivity index is 2.64. The van der Waals surface area contributed by atoms with Gasteiger partial charge in [-0.2, -0.15) is 0 Å². The minimum atomic E-state index is -0.122. The highest BCUT2D eigenvalue weighted by Gasteiger charge is 2.17. The van der Waals surface area contributed by atoms with Gasteiger partial charge in [-0.1, -0.05) is 26.8 Å². The lowest BCUT2D eigenvalue weighted by Crippen LogP contribution is -2.34. The molecule has 1 rings (SSSR count). The summed E-state index contributed by atoms with van der Waals surface area (Å²) in [5, 5.41) is 5.83. The number of anilines is 1. The first-order valence-corrected chi connectivity index (χ1v) is 5.91. The summed E-state index contributed by atoms with van der Waals surface area (Å²) >= 11 is 0. The van der Waals surface area contributed by atoms with E-state index in [1.54, 1.807) is 13.1 Å². The Bertz CT molecular complexity index is 388. The van der Waals surface area contributed by atoms with E-state index in [0.29, 0.717) is 18.1 Å². The Kier molecular flexibility index (Phi) is 4.49. The molecule has 94 valence electrons. The van der Waals surface area contributed by atoms with Crippen molar-refractivity contribution in [2.24, 2.45) is 5.41 Å². The summed E-state index contributed by atoms with van der Waals surface area (Å²) in [6.07, 6.45) is 1.03. The van der Waals surface area contributed by atoms with Crippen LogP contribution in [0.1, 0.15) is 37.7 Å². The highest BCUT2D eigenvalue weighted by atomic mass is 16.1. The summed E-state index contributed by atoms with van der Waals surface area (Å²) in [7, 11) is 1.78. The average molecular weight is 235 g/mol. The summed E-state index contributed by atoms with van der Waals surface area (Å²) in [6.45, 7) is 7.04. The first kappa shape index (κ1) is 13.5. The van der Waals surface area contributed by atoms with E-state index in [-0.39, 0.29) is 11.3 Å². The molecule has 4 nitrogen and oxygen atoms in total. The van der Waals surface area contributed by atoms with Gasteiger partial charge < -0.3 is 10.6 Å². The number of nitrogens with one attached hydrogen (secondary N) is 2. The van der Waals surface area contributed by atoms with E-state index in [4.69, 9.17) is 0 Å². The number of hydrogen-bond donors (Lipinski definition) is 2. The third-order valence-corrected chi connectivity index (χ3v) is 2.92. The maximum atomic E-state index is 11.9. The SMILES string of the molecule is CCC(C)(C)CNC(=O)c1cccc(NC)n1. The maximum Gasteiger partial charge on any atom is 0.269 e. The first-order valence-electron chi connectivity index (χ1n) is 5.91. The van der Waals surface area contributed by atoms with Gasteiger partial charge >= 0.3 is 0 Å². The second-order valence-electron chi connectivity index (χ2n) is 4.86. The van der Waals surface area contributed by atoms with Crippen LogP contribution < -0.4 is 10.6 Å². The van der Waals surface area contributed by atoms with Gasteiger partial charge in [-0.25, -0.2) is 4.98 Å². The molecular weight excluding hydrogens is 214 g/mol. The highest BCUT2D eigenvalue weighted by molar-refractivity contribution is 5.92. The second kappa shape index (κ2) is 5.66. The Hall–Kier alpha value is -1.58. The van der Waals surface area contributed by atoms with Gasteiger partial charge in [0.15, 0.2) is 0 Å². The fraction of sp³-hybridized carbons (Fsp3) is 0.538. The van der Waals surface area contributed by atoms with Crippen molar-refractivity contribution >= 4 is 11.7 Å². The molecule has 0 atom stereocenters. The van der Waals surface area contributed by atoms with Crippen molar-refractivity contribution in [3.63, 3.8) is 0 Å². The molecule has 0 saturated heterocycles. The molecule has 1 aromatic heterocycles. The van der Waals surface area contributed by atoms with Gasteiger partial charge in [0.2, 0.25) is 0 Å². The standard InChI is InChI=1S/C13H21N3O/c1-5-13(2,3)9-15-12(17)10-7-6-8-11(14-4)16-10/h6-8H,5,9H2,1-4H3,(H,14,16)(H,15,17). The van der Waals surface area contributed by atoms with Crippen molar-refractivity contribution in [2.45, 2.75) is 27.2 Å². The summed E-state index contributed by atoms with van der Waals surface area (Å²) in [4.78, 5) is 16.1. The Morgan fingerprint density at radius 1 is 1.41 bits per heavy atom. The summed E-state index contributed by atoms with van der Waals surface area (Å²) in [6, 6.07) is 5.36. The van der Waals surface area contributed by atoms with E-state index >= 15 is 0 Å². The van der Waals surface area contributed by atoms with Gasteiger partial charge in [0.1, 0.15) is 11.5 Å². The number of pyridine rings is 1. The smallest absolute Gasteiger partial charge is 0.269 e. The van der Waals surface area contributed by atoms with Crippen molar-refractivity contribution in [1.29, 1.82) is 0 Å². The topological polar surface area (TPSA) is 54.0 Å².